The van der Waals surface area contributed by atoms with Crippen LogP contribution in [0, 0.1) is 0 Å². The van der Waals surface area contributed by atoms with Gasteiger partial charge < -0.3 is 4.74 Å². The minimum atomic E-state index is 0.399. The fraction of sp³-hybridized carbons (Fsp3) is 0.333. The van der Waals surface area contributed by atoms with Crippen LogP contribution in [-0.4, -0.2) is 6.61 Å². The molecule has 1 nitrogen and oxygen atoms in total. The van der Waals surface area contributed by atoms with Crippen molar-refractivity contribution in [2.24, 2.45) is 0 Å². The molecule has 0 bridgehead atoms. The first-order valence-electron chi connectivity index (χ1n) is 3.80. The van der Waals surface area contributed by atoms with E-state index >= 15 is 0 Å². The predicted molar refractivity (Wildman–Crippen MR) is 50.4 cm³/mol. The van der Waals surface area contributed by atoms with Crippen LogP contribution in [0.5, 0.6) is 5.75 Å². The summed E-state index contributed by atoms with van der Waals surface area (Å²) in [5, 5.41) is 1.29. The Morgan fingerprint density at radius 2 is 2.17 bits per heavy atom. The van der Waals surface area contributed by atoms with Crippen LogP contribution in [0.3, 0.4) is 0 Å². The van der Waals surface area contributed by atoms with Gasteiger partial charge in [0.25, 0.3) is 0 Å². The first kappa shape index (κ1) is 8.21. The molecule has 1 unspecified atom stereocenters. The fourth-order valence-corrected chi connectivity index (χ4v) is 1.96. The molecule has 0 saturated heterocycles. The Hall–Kier alpha value is -0.400. The number of hydrogen-bond donors (Lipinski definition) is 0. The van der Waals surface area contributed by atoms with Crippen molar-refractivity contribution >= 4 is 23.2 Å². The zero-order valence-electron chi connectivity index (χ0n) is 6.60. The quantitative estimate of drug-likeness (QED) is 0.627. The van der Waals surface area contributed by atoms with Gasteiger partial charge in [-0.15, -0.1) is 0 Å². The molecular formula is C9H8Cl2O. The monoisotopic (exact) mass is 202 g/mol. The van der Waals surface area contributed by atoms with Crippen molar-refractivity contribution in [1.29, 1.82) is 0 Å². The van der Waals surface area contributed by atoms with E-state index in [0.29, 0.717) is 22.6 Å². The van der Waals surface area contributed by atoms with Crippen molar-refractivity contribution in [3.05, 3.63) is 27.7 Å². The summed E-state index contributed by atoms with van der Waals surface area (Å²) in [5.74, 6) is 1.20. The third-order valence-corrected chi connectivity index (χ3v) is 2.54. The smallest absolute Gasteiger partial charge is 0.141 e. The van der Waals surface area contributed by atoms with Crippen molar-refractivity contribution in [2.45, 2.75) is 12.8 Å². The Labute approximate surface area is 81.2 Å². The summed E-state index contributed by atoms with van der Waals surface area (Å²) >= 11 is 11.8. The van der Waals surface area contributed by atoms with Gasteiger partial charge in [-0.1, -0.05) is 30.1 Å². The lowest BCUT2D eigenvalue weighted by atomic mass is 10.0. The van der Waals surface area contributed by atoms with E-state index in [0.717, 1.165) is 11.3 Å². The van der Waals surface area contributed by atoms with E-state index in [1.54, 1.807) is 6.07 Å². The molecule has 0 fully saturated rings. The summed E-state index contributed by atoms with van der Waals surface area (Å²) in [7, 11) is 0. The van der Waals surface area contributed by atoms with Crippen LogP contribution in [0.25, 0.3) is 0 Å². The normalized spacial score (nSPS) is 20.4. The standard InChI is InChI=1S/C9H8Cl2O/c1-5-4-12-9-7(5)2-6(10)3-8(9)11/h2-3,5H,4H2,1H3. The summed E-state index contributed by atoms with van der Waals surface area (Å²) < 4.78 is 5.41. The van der Waals surface area contributed by atoms with E-state index in [2.05, 4.69) is 6.92 Å². The van der Waals surface area contributed by atoms with E-state index in [9.17, 15) is 0 Å². The first-order chi connectivity index (χ1) is 5.68. The van der Waals surface area contributed by atoms with Crippen molar-refractivity contribution < 1.29 is 4.74 Å². The first-order valence-corrected chi connectivity index (χ1v) is 4.56. The highest BCUT2D eigenvalue weighted by molar-refractivity contribution is 6.35. The van der Waals surface area contributed by atoms with Gasteiger partial charge in [0.2, 0.25) is 0 Å². The van der Waals surface area contributed by atoms with Crippen LogP contribution in [0.15, 0.2) is 12.1 Å². The van der Waals surface area contributed by atoms with Crippen molar-refractivity contribution in [1.82, 2.24) is 0 Å². The molecule has 0 radical (unpaired) electrons. The third-order valence-electron chi connectivity index (χ3n) is 2.05. The molecule has 1 aromatic rings. The number of halogens is 2. The molecule has 12 heavy (non-hydrogen) atoms. The van der Waals surface area contributed by atoms with Gasteiger partial charge in [0.05, 0.1) is 11.6 Å². The Morgan fingerprint density at radius 3 is 2.92 bits per heavy atom. The Morgan fingerprint density at radius 1 is 1.42 bits per heavy atom. The van der Waals surface area contributed by atoms with Gasteiger partial charge in [0.15, 0.2) is 0 Å². The second kappa shape index (κ2) is 2.82. The average Bonchev–Trinajstić information content (AvgIpc) is 2.33. The summed E-state index contributed by atoms with van der Waals surface area (Å²) in [4.78, 5) is 0. The second-order valence-electron chi connectivity index (χ2n) is 3.02. The fourth-order valence-electron chi connectivity index (χ4n) is 1.40. The van der Waals surface area contributed by atoms with Gasteiger partial charge >= 0.3 is 0 Å². The molecule has 0 aliphatic carbocycles. The number of ether oxygens (including phenoxy) is 1. The van der Waals surface area contributed by atoms with E-state index in [4.69, 9.17) is 27.9 Å². The second-order valence-corrected chi connectivity index (χ2v) is 3.86. The van der Waals surface area contributed by atoms with E-state index in [-0.39, 0.29) is 0 Å². The van der Waals surface area contributed by atoms with Crippen LogP contribution in [0.1, 0.15) is 18.4 Å². The minimum absolute atomic E-state index is 0.399. The van der Waals surface area contributed by atoms with Gasteiger partial charge in [0, 0.05) is 16.5 Å². The molecule has 0 spiro atoms. The van der Waals surface area contributed by atoms with Crippen LogP contribution < -0.4 is 4.74 Å². The third kappa shape index (κ3) is 1.17. The number of rotatable bonds is 0. The average molecular weight is 203 g/mol. The highest BCUT2D eigenvalue weighted by Crippen LogP contribution is 2.41. The zero-order valence-corrected chi connectivity index (χ0v) is 8.12. The lowest BCUT2D eigenvalue weighted by Gasteiger charge is -2.02. The van der Waals surface area contributed by atoms with E-state index in [1.807, 2.05) is 6.07 Å². The molecule has 64 valence electrons. The van der Waals surface area contributed by atoms with Gasteiger partial charge in [-0.2, -0.15) is 0 Å². The Kier molecular flexibility index (Phi) is 1.93. The highest BCUT2D eigenvalue weighted by atomic mass is 35.5. The maximum absolute atomic E-state index is 5.93. The maximum atomic E-state index is 5.93. The summed E-state index contributed by atoms with van der Waals surface area (Å²) in [6, 6.07) is 3.63. The molecule has 2 rings (SSSR count). The summed E-state index contributed by atoms with van der Waals surface area (Å²) in [5.41, 5.74) is 1.12. The molecule has 1 aliphatic heterocycles. The molecule has 1 atom stereocenters. The zero-order chi connectivity index (χ0) is 8.72. The van der Waals surface area contributed by atoms with Crippen molar-refractivity contribution in [3.8, 4) is 5.75 Å². The molecule has 3 heteroatoms. The molecule has 0 amide bonds. The Bertz CT molecular complexity index is 323. The van der Waals surface area contributed by atoms with Gasteiger partial charge in [-0.25, -0.2) is 0 Å². The van der Waals surface area contributed by atoms with Crippen molar-refractivity contribution in [3.63, 3.8) is 0 Å². The predicted octanol–water partition coefficient (Wildman–Crippen LogP) is 3.49. The minimum Gasteiger partial charge on any atom is -0.491 e. The molecular weight excluding hydrogens is 195 g/mol. The highest BCUT2D eigenvalue weighted by Gasteiger charge is 2.22. The number of hydrogen-bond acceptors (Lipinski definition) is 1. The van der Waals surface area contributed by atoms with Crippen molar-refractivity contribution in [2.75, 3.05) is 6.61 Å². The van der Waals surface area contributed by atoms with Gasteiger partial charge in [-0.3, -0.25) is 0 Å². The molecule has 0 N–H and O–H groups in total. The summed E-state index contributed by atoms with van der Waals surface area (Å²) in [6.45, 7) is 2.80. The summed E-state index contributed by atoms with van der Waals surface area (Å²) in [6.07, 6.45) is 0. The maximum Gasteiger partial charge on any atom is 0.141 e. The van der Waals surface area contributed by atoms with E-state index in [1.165, 1.54) is 0 Å². The van der Waals surface area contributed by atoms with E-state index < -0.39 is 0 Å². The SMILES string of the molecule is CC1COc2c(Cl)cc(Cl)cc21. The largest absolute Gasteiger partial charge is 0.491 e. The van der Waals surface area contributed by atoms with Gasteiger partial charge in [0.1, 0.15) is 5.75 Å². The molecule has 1 aromatic carbocycles. The van der Waals surface area contributed by atoms with Crippen LogP contribution in [-0.2, 0) is 0 Å². The number of benzene rings is 1. The lowest BCUT2D eigenvalue weighted by Crippen LogP contribution is -1.93. The number of fused-ring (bicyclic) bond motifs is 1. The van der Waals surface area contributed by atoms with Gasteiger partial charge in [-0.05, 0) is 12.1 Å². The lowest BCUT2D eigenvalue weighted by molar-refractivity contribution is 0.337. The van der Waals surface area contributed by atoms with Crippen LogP contribution in [0.4, 0.5) is 0 Å². The molecule has 1 aliphatic rings. The molecule has 1 heterocycles. The van der Waals surface area contributed by atoms with Crippen LogP contribution in [0.2, 0.25) is 10.0 Å². The topological polar surface area (TPSA) is 9.23 Å². The molecule has 0 aromatic heterocycles. The Balaban J connectivity index is 2.60. The molecule has 0 saturated carbocycles. The van der Waals surface area contributed by atoms with Crippen LogP contribution >= 0.6 is 23.2 Å².